The van der Waals surface area contributed by atoms with Crippen LogP contribution in [0.25, 0.3) is 0 Å². The number of methoxy groups -OCH3 is 1. The summed E-state index contributed by atoms with van der Waals surface area (Å²) in [5.74, 6) is 2.77. The number of nitrogens with zero attached hydrogens (tertiary/aromatic N) is 2. The van der Waals surface area contributed by atoms with E-state index in [1.54, 1.807) is 0 Å². The number of rotatable bonds is 10. The molecule has 0 aromatic carbocycles. The molecule has 6 aliphatic rings. The normalized spacial score (nSPS) is 40.0. The highest BCUT2D eigenvalue weighted by Gasteiger charge is 2.65. The molecule has 0 amide bonds. The Balaban J connectivity index is 1.17. The highest BCUT2D eigenvalue weighted by molar-refractivity contribution is 5.72. The predicted molar refractivity (Wildman–Crippen MR) is 181 cm³/mol. The van der Waals surface area contributed by atoms with Crippen LogP contribution in [0.5, 0.6) is 0 Å². The molecular weight excluding hydrogens is 592 g/mol. The number of hydrogen-bond donors (Lipinski definition) is 0. The van der Waals surface area contributed by atoms with Gasteiger partial charge in [-0.25, -0.2) is 0 Å². The second kappa shape index (κ2) is 15.1. The quantitative estimate of drug-likeness (QED) is 0.191. The van der Waals surface area contributed by atoms with E-state index in [4.69, 9.17) is 14.2 Å². The van der Waals surface area contributed by atoms with Gasteiger partial charge in [0.25, 0.3) is 0 Å². The molecule has 0 aromatic heterocycles. The molecule has 0 bridgehead atoms. The highest BCUT2D eigenvalue weighted by Crippen LogP contribution is 2.69. The zero-order valence-corrected chi connectivity index (χ0v) is 30.0. The van der Waals surface area contributed by atoms with Crippen molar-refractivity contribution in [3.05, 3.63) is 0 Å². The van der Waals surface area contributed by atoms with Crippen molar-refractivity contribution in [1.82, 2.24) is 9.80 Å². The molecule has 266 valence electrons. The summed E-state index contributed by atoms with van der Waals surface area (Å²) in [6.45, 7) is 12.1. The predicted octanol–water partition coefficient (Wildman–Crippen LogP) is 6.64. The van der Waals surface area contributed by atoms with Crippen LogP contribution >= 0.6 is 0 Å². The van der Waals surface area contributed by atoms with Gasteiger partial charge in [-0.15, -0.1) is 0 Å². The molecule has 0 unspecified atom stereocenters. The molecule has 0 spiro atoms. The van der Waals surface area contributed by atoms with Crippen LogP contribution in [0, 0.1) is 46.3 Å². The molecule has 47 heavy (non-hydrogen) atoms. The van der Waals surface area contributed by atoms with Gasteiger partial charge in [0, 0.05) is 11.8 Å². The summed E-state index contributed by atoms with van der Waals surface area (Å²) in [6, 6.07) is 0. The van der Waals surface area contributed by atoms with Crippen LogP contribution in [0.4, 0.5) is 0 Å². The summed E-state index contributed by atoms with van der Waals surface area (Å²) in [6.07, 6.45) is 17.1. The Labute approximate surface area is 284 Å². The largest absolute Gasteiger partial charge is 0.469 e. The van der Waals surface area contributed by atoms with Gasteiger partial charge >= 0.3 is 17.9 Å². The molecule has 4 aliphatic carbocycles. The Morgan fingerprint density at radius 3 is 2.02 bits per heavy atom. The molecule has 0 N–H and O–H groups in total. The maximum atomic E-state index is 13.7. The first-order valence-corrected chi connectivity index (χ1v) is 19.5. The number of hydrogen-bond acceptors (Lipinski definition) is 8. The van der Waals surface area contributed by atoms with Crippen molar-refractivity contribution in [2.75, 3.05) is 46.4 Å². The third-order valence-corrected chi connectivity index (χ3v) is 14.7. The molecule has 2 heterocycles. The van der Waals surface area contributed by atoms with Crippen molar-refractivity contribution >= 4 is 17.9 Å². The first-order chi connectivity index (χ1) is 22.6. The summed E-state index contributed by atoms with van der Waals surface area (Å²) in [5, 5.41) is 0. The van der Waals surface area contributed by atoms with E-state index >= 15 is 0 Å². The lowest BCUT2D eigenvalue weighted by atomic mass is 9.43. The van der Waals surface area contributed by atoms with Crippen molar-refractivity contribution in [3.8, 4) is 0 Å². The Morgan fingerprint density at radius 2 is 1.38 bits per heavy atom. The van der Waals surface area contributed by atoms with E-state index < -0.39 is 0 Å². The Hall–Kier alpha value is -1.67. The van der Waals surface area contributed by atoms with E-state index in [1.807, 2.05) is 0 Å². The summed E-state index contributed by atoms with van der Waals surface area (Å²) in [5.41, 5.74) is 0.0881. The Kier molecular flexibility index (Phi) is 11.3. The Bertz CT molecular complexity index is 1100. The summed E-state index contributed by atoms with van der Waals surface area (Å²) < 4.78 is 17.9. The van der Waals surface area contributed by atoms with E-state index in [9.17, 15) is 14.4 Å². The van der Waals surface area contributed by atoms with Gasteiger partial charge in [-0.1, -0.05) is 33.6 Å². The maximum Gasteiger partial charge on any atom is 0.320 e. The van der Waals surface area contributed by atoms with Gasteiger partial charge in [0.05, 0.1) is 20.2 Å². The van der Waals surface area contributed by atoms with Crippen molar-refractivity contribution < 1.29 is 28.6 Å². The van der Waals surface area contributed by atoms with Gasteiger partial charge in [-0.3, -0.25) is 24.2 Å². The average Bonchev–Trinajstić information content (AvgIpc) is 3.43. The van der Waals surface area contributed by atoms with E-state index in [0.29, 0.717) is 55.0 Å². The number of ether oxygens (including phenoxy) is 3. The molecular formula is C39H64N2O6. The molecule has 6 fully saturated rings. The van der Waals surface area contributed by atoms with Gasteiger partial charge < -0.3 is 14.2 Å². The maximum absolute atomic E-state index is 13.7. The van der Waals surface area contributed by atoms with Crippen molar-refractivity contribution in [1.29, 1.82) is 0 Å². The van der Waals surface area contributed by atoms with Crippen LogP contribution in [-0.4, -0.2) is 86.3 Å². The number of carbonyl (C=O) groups excluding carboxylic acids is 3. The topological polar surface area (TPSA) is 85.4 Å². The Morgan fingerprint density at radius 1 is 0.745 bits per heavy atom. The van der Waals surface area contributed by atoms with E-state index in [0.717, 1.165) is 77.5 Å². The van der Waals surface area contributed by atoms with E-state index in [-0.39, 0.29) is 40.9 Å². The van der Waals surface area contributed by atoms with Gasteiger partial charge in [0.1, 0.15) is 12.2 Å². The van der Waals surface area contributed by atoms with Crippen LogP contribution in [0.15, 0.2) is 0 Å². The van der Waals surface area contributed by atoms with Crippen LogP contribution < -0.4 is 0 Å². The van der Waals surface area contributed by atoms with Gasteiger partial charge in [0.2, 0.25) is 0 Å². The molecule has 0 aromatic rings. The third-order valence-electron chi connectivity index (χ3n) is 14.7. The molecule has 4 saturated carbocycles. The lowest BCUT2D eigenvalue weighted by molar-refractivity contribution is -0.200. The summed E-state index contributed by atoms with van der Waals surface area (Å²) in [4.78, 5) is 43.3. The smallest absolute Gasteiger partial charge is 0.320 e. The SMILES string of the molecule is COC(=O)CC[C@@H](C)[C@H]1CC[C@H]2[C@@H]3CC[C@@H]4C[C@H](OC(=O)CN5CCCCC5)CC[C@]4(C)[C@H]3C[C@H](OC(=O)CN3CCCCC3)[C@]12C. The van der Waals surface area contributed by atoms with Crippen LogP contribution in [0.2, 0.25) is 0 Å². The number of piperidine rings is 2. The van der Waals surface area contributed by atoms with Gasteiger partial charge in [-0.05, 0) is 151 Å². The van der Waals surface area contributed by atoms with Crippen molar-refractivity contribution in [3.63, 3.8) is 0 Å². The zero-order chi connectivity index (χ0) is 33.2. The lowest BCUT2D eigenvalue weighted by Crippen LogP contribution is -2.60. The standard InChI is InChI=1S/C39H64N2O6/c1-27(11-16-35(42)45-4)31-14-15-32-30-13-12-28-23-29(46-36(43)25-40-19-7-5-8-20-40)17-18-38(28,2)33(30)24-34(39(31,32)3)47-37(44)26-41-21-9-6-10-22-41/h27-34H,5-26H2,1-4H3/t27-,28-,29-,30+,31-,32+,33+,34+,38+,39-/m1/s1. The molecule has 2 aliphatic heterocycles. The third kappa shape index (κ3) is 7.44. The zero-order valence-electron chi connectivity index (χ0n) is 30.0. The minimum atomic E-state index is -0.135. The second-order valence-electron chi connectivity index (χ2n) is 17.1. The van der Waals surface area contributed by atoms with Crippen LogP contribution in [-0.2, 0) is 28.6 Å². The van der Waals surface area contributed by atoms with Crippen molar-refractivity contribution in [2.45, 2.75) is 136 Å². The minimum Gasteiger partial charge on any atom is -0.469 e. The van der Waals surface area contributed by atoms with E-state index in [2.05, 4.69) is 30.6 Å². The van der Waals surface area contributed by atoms with Gasteiger partial charge in [-0.2, -0.15) is 0 Å². The minimum absolute atomic E-state index is 0.0282. The fraction of sp³-hybridized carbons (Fsp3) is 0.923. The fourth-order valence-corrected chi connectivity index (χ4v) is 12.1. The first-order valence-electron chi connectivity index (χ1n) is 19.5. The highest BCUT2D eigenvalue weighted by atomic mass is 16.5. The summed E-state index contributed by atoms with van der Waals surface area (Å²) >= 11 is 0. The first kappa shape index (κ1) is 35.2. The fourth-order valence-electron chi connectivity index (χ4n) is 12.1. The molecule has 8 heteroatoms. The number of fused-ring (bicyclic) bond motifs is 5. The monoisotopic (exact) mass is 656 g/mol. The summed E-state index contributed by atoms with van der Waals surface area (Å²) in [7, 11) is 1.48. The molecule has 2 saturated heterocycles. The molecule has 8 nitrogen and oxygen atoms in total. The average molecular weight is 657 g/mol. The second-order valence-corrected chi connectivity index (χ2v) is 17.1. The number of carbonyl (C=O) groups is 3. The molecule has 0 radical (unpaired) electrons. The van der Waals surface area contributed by atoms with Crippen molar-refractivity contribution in [2.24, 2.45) is 46.3 Å². The number of likely N-dealkylation sites (tertiary alicyclic amines) is 2. The van der Waals surface area contributed by atoms with Gasteiger partial charge in [0.15, 0.2) is 0 Å². The van der Waals surface area contributed by atoms with Crippen LogP contribution in [0.3, 0.4) is 0 Å². The number of esters is 3. The molecule has 6 rings (SSSR count). The van der Waals surface area contributed by atoms with E-state index in [1.165, 1.54) is 52.1 Å². The van der Waals surface area contributed by atoms with Crippen LogP contribution in [0.1, 0.15) is 124 Å². The molecule has 10 atom stereocenters. The lowest BCUT2D eigenvalue weighted by Gasteiger charge is -2.63.